The zero-order valence-corrected chi connectivity index (χ0v) is 23.2. The van der Waals surface area contributed by atoms with Crippen molar-refractivity contribution in [1.82, 2.24) is 14.9 Å². The molecule has 1 atom stereocenters. The van der Waals surface area contributed by atoms with Crippen molar-refractivity contribution in [1.29, 1.82) is 0 Å². The predicted molar refractivity (Wildman–Crippen MR) is 156 cm³/mol. The van der Waals surface area contributed by atoms with Crippen molar-refractivity contribution in [3.8, 4) is 5.75 Å². The van der Waals surface area contributed by atoms with Crippen molar-refractivity contribution in [3.63, 3.8) is 0 Å². The summed E-state index contributed by atoms with van der Waals surface area (Å²) >= 11 is 6.16. The van der Waals surface area contributed by atoms with Crippen LogP contribution in [0, 0.1) is 0 Å². The molecule has 1 aromatic heterocycles. The molecule has 38 heavy (non-hydrogen) atoms. The van der Waals surface area contributed by atoms with E-state index in [4.69, 9.17) is 21.3 Å². The number of hydrogen-bond donors (Lipinski definition) is 1. The third-order valence-electron chi connectivity index (χ3n) is 7.09. The molecule has 0 aliphatic rings. The number of imidazole rings is 1. The van der Waals surface area contributed by atoms with Crippen molar-refractivity contribution in [2.24, 2.45) is 0 Å². The molecule has 0 saturated heterocycles. The Hall–Kier alpha value is -3.31. The Morgan fingerprint density at radius 2 is 1.76 bits per heavy atom. The van der Waals surface area contributed by atoms with Crippen molar-refractivity contribution in [2.75, 3.05) is 13.2 Å². The minimum atomic E-state index is 0.00871. The molecule has 0 bridgehead atoms. The van der Waals surface area contributed by atoms with Crippen LogP contribution in [-0.2, 0) is 24.2 Å². The van der Waals surface area contributed by atoms with E-state index in [1.165, 1.54) is 5.56 Å². The van der Waals surface area contributed by atoms with Crippen molar-refractivity contribution in [3.05, 3.63) is 94.8 Å². The number of aromatic nitrogens is 2. The number of rotatable bonds is 14. The van der Waals surface area contributed by atoms with Gasteiger partial charge >= 0.3 is 0 Å². The van der Waals surface area contributed by atoms with Gasteiger partial charge in [-0.15, -0.1) is 0 Å². The van der Waals surface area contributed by atoms with E-state index in [2.05, 4.69) is 66.2 Å². The lowest BCUT2D eigenvalue weighted by Gasteiger charge is -2.13. The fourth-order valence-corrected chi connectivity index (χ4v) is 4.84. The van der Waals surface area contributed by atoms with Gasteiger partial charge in [0.1, 0.15) is 18.2 Å². The van der Waals surface area contributed by atoms with Crippen LogP contribution in [0.4, 0.5) is 0 Å². The summed E-state index contributed by atoms with van der Waals surface area (Å²) in [5, 5.41) is 3.65. The van der Waals surface area contributed by atoms with Gasteiger partial charge in [-0.3, -0.25) is 4.79 Å². The van der Waals surface area contributed by atoms with Gasteiger partial charge in [-0.1, -0.05) is 74.3 Å². The first kappa shape index (κ1) is 27.7. The van der Waals surface area contributed by atoms with Gasteiger partial charge in [-0.25, -0.2) is 4.98 Å². The number of hydrogen-bond acceptors (Lipinski definition) is 3. The number of benzene rings is 3. The molecule has 0 spiro atoms. The summed E-state index contributed by atoms with van der Waals surface area (Å²) in [6.07, 6.45) is 5.31. The van der Waals surface area contributed by atoms with E-state index in [-0.39, 0.29) is 5.91 Å². The van der Waals surface area contributed by atoms with Gasteiger partial charge in [0.05, 0.1) is 24.0 Å². The maximum atomic E-state index is 12.2. The number of para-hydroxylation sites is 2. The zero-order chi connectivity index (χ0) is 26.7. The highest BCUT2D eigenvalue weighted by molar-refractivity contribution is 6.31. The summed E-state index contributed by atoms with van der Waals surface area (Å²) < 4.78 is 8.37. The normalized spacial score (nSPS) is 12.0. The number of nitrogens with zero attached hydrogens (tertiary/aromatic N) is 2. The SMILES string of the molecule is CCC(C)c1ccc(OCCn2c(CCCCCNC(=O)Cc3ccccc3Cl)nc3ccccc32)cc1. The standard InChI is InChI=1S/C32H38ClN3O2/c1-3-24(2)25-16-18-27(19-17-25)38-22-21-36-30-14-9-8-13-29(30)35-31(36)15-5-4-10-20-34-32(37)23-26-11-6-7-12-28(26)33/h6-9,11-14,16-19,24H,3-5,10,15,20-23H2,1-2H3,(H,34,37). The smallest absolute Gasteiger partial charge is 0.224 e. The van der Waals surface area contributed by atoms with E-state index in [9.17, 15) is 4.79 Å². The summed E-state index contributed by atoms with van der Waals surface area (Å²) in [5.41, 5.74) is 4.37. The number of halogens is 1. The number of unbranched alkanes of at least 4 members (excludes halogenated alkanes) is 2. The molecule has 3 aromatic carbocycles. The lowest BCUT2D eigenvalue weighted by atomic mass is 9.99. The van der Waals surface area contributed by atoms with E-state index in [0.29, 0.717) is 30.5 Å². The van der Waals surface area contributed by atoms with Crippen LogP contribution in [0.15, 0.2) is 72.8 Å². The van der Waals surface area contributed by atoms with E-state index >= 15 is 0 Å². The molecule has 1 heterocycles. The Balaban J connectivity index is 1.24. The number of ether oxygens (including phenoxy) is 1. The van der Waals surface area contributed by atoms with Crippen molar-refractivity contribution >= 4 is 28.5 Å². The van der Waals surface area contributed by atoms with Crippen LogP contribution in [-0.4, -0.2) is 28.6 Å². The number of carbonyl (C=O) groups is 1. The quantitative estimate of drug-likeness (QED) is 0.173. The van der Waals surface area contributed by atoms with Crippen molar-refractivity contribution in [2.45, 2.75) is 64.8 Å². The van der Waals surface area contributed by atoms with Crippen molar-refractivity contribution < 1.29 is 9.53 Å². The summed E-state index contributed by atoms with van der Waals surface area (Å²) in [4.78, 5) is 17.1. The summed E-state index contributed by atoms with van der Waals surface area (Å²) in [7, 11) is 0. The third kappa shape index (κ3) is 7.61. The maximum absolute atomic E-state index is 12.2. The highest BCUT2D eigenvalue weighted by Crippen LogP contribution is 2.22. The van der Waals surface area contributed by atoms with Crippen LogP contribution in [0.3, 0.4) is 0 Å². The third-order valence-corrected chi connectivity index (χ3v) is 7.46. The van der Waals surface area contributed by atoms with Gasteiger partial charge in [0.25, 0.3) is 0 Å². The molecular formula is C32H38ClN3O2. The van der Waals surface area contributed by atoms with Gasteiger partial charge in [-0.2, -0.15) is 0 Å². The van der Waals surface area contributed by atoms with Crippen LogP contribution in [0.1, 0.15) is 62.4 Å². The van der Waals surface area contributed by atoms with Gasteiger partial charge in [0, 0.05) is 18.0 Å². The van der Waals surface area contributed by atoms with Crippen LogP contribution < -0.4 is 10.1 Å². The number of amides is 1. The second-order valence-electron chi connectivity index (χ2n) is 9.82. The average molecular weight is 532 g/mol. The molecule has 0 radical (unpaired) electrons. The van der Waals surface area contributed by atoms with Gasteiger partial charge in [-0.05, 0) is 66.6 Å². The first-order chi connectivity index (χ1) is 18.5. The van der Waals surface area contributed by atoms with Gasteiger partial charge in [0.15, 0.2) is 0 Å². The monoisotopic (exact) mass is 531 g/mol. The average Bonchev–Trinajstić information content (AvgIpc) is 3.29. The molecule has 1 amide bonds. The number of nitrogens with one attached hydrogen (secondary N) is 1. The topological polar surface area (TPSA) is 56.1 Å². The van der Waals surface area contributed by atoms with Crippen LogP contribution in [0.2, 0.25) is 5.02 Å². The molecule has 6 heteroatoms. The Kier molecular flexibility index (Phi) is 10.2. The Labute approximate surface area is 231 Å². The highest BCUT2D eigenvalue weighted by Gasteiger charge is 2.11. The van der Waals surface area contributed by atoms with E-state index < -0.39 is 0 Å². The molecule has 0 aliphatic carbocycles. The lowest BCUT2D eigenvalue weighted by molar-refractivity contribution is -0.120. The molecule has 0 fully saturated rings. The first-order valence-electron chi connectivity index (χ1n) is 13.7. The zero-order valence-electron chi connectivity index (χ0n) is 22.5. The fraction of sp³-hybridized carbons (Fsp3) is 0.375. The highest BCUT2D eigenvalue weighted by atomic mass is 35.5. The number of fused-ring (bicyclic) bond motifs is 1. The van der Waals surface area contributed by atoms with Gasteiger partial charge in [0.2, 0.25) is 5.91 Å². The second kappa shape index (κ2) is 14.0. The molecule has 1 unspecified atom stereocenters. The Morgan fingerprint density at radius 3 is 2.55 bits per heavy atom. The minimum Gasteiger partial charge on any atom is -0.492 e. The lowest BCUT2D eigenvalue weighted by Crippen LogP contribution is -2.26. The van der Waals surface area contributed by atoms with E-state index in [1.807, 2.05) is 30.3 Å². The van der Waals surface area contributed by atoms with Crippen LogP contribution in [0.5, 0.6) is 5.75 Å². The fourth-order valence-electron chi connectivity index (χ4n) is 4.64. The first-order valence-corrected chi connectivity index (χ1v) is 14.1. The summed E-state index contributed by atoms with van der Waals surface area (Å²) in [6.45, 7) is 6.47. The Morgan fingerprint density at radius 1 is 1.00 bits per heavy atom. The largest absolute Gasteiger partial charge is 0.492 e. The van der Waals surface area contributed by atoms with E-state index in [1.54, 1.807) is 0 Å². The molecule has 200 valence electrons. The number of aryl methyl sites for hydroxylation is 1. The molecule has 0 aliphatic heterocycles. The van der Waals surface area contributed by atoms with Crippen LogP contribution >= 0.6 is 11.6 Å². The molecule has 1 N–H and O–H groups in total. The second-order valence-corrected chi connectivity index (χ2v) is 10.2. The predicted octanol–water partition coefficient (Wildman–Crippen LogP) is 7.35. The molecule has 0 saturated carbocycles. The molecule has 5 nitrogen and oxygen atoms in total. The molecule has 4 rings (SSSR count). The summed E-state index contributed by atoms with van der Waals surface area (Å²) in [6, 6.07) is 24.2. The van der Waals surface area contributed by atoms with E-state index in [0.717, 1.165) is 66.8 Å². The molecule has 4 aromatic rings. The van der Waals surface area contributed by atoms with Crippen LogP contribution in [0.25, 0.3) is 11.0 Å². The summed E-state index contributed by atoms with van der Waals surface area (Å²) in [5.74, 6) is 2.56. The minimum absolute atomic E-state index is 0.00871. The maximum Gasteiger partial charge on any atom is 0.224 e. The Bertz CT molecular complexity index is 1320. The number of carbonyl (C=O) groups excluding carboxylic acids is 1. The van der Waals surface area contributed by atoms with Gasteiger partial charge < -0.3 is 14.6 Å². The molecular weight excluding hydrogens is 494 g/mol.